The molecule has 0 saturated heterocycles. The van der Waals surface area contributed by atoms with E-state index >= 15 is 0 Å². The number of esters is 1. The summed E-state index contributed by atoms with van der Waals surface area (Å²) in [4.78, 5) is 23.0. The van der Waals surface area contributed by atoms with Gasteiger partial charge in [-0.1, -0.05) is 11.6 Å². The summed E-state index contributed by atoms with van der Waals surface area (Å²) >= 11 is 5.88. The van der Waals surface area contributed by atoms with E-state index in [0.29, 0.717) is 35.8 Å². The first kappa shape index (κ1) is 15.5. The highest BCUT2D eigenvalue weighted by Gasteiger charge is 2.10. The number of Topliss-reactive ketones (excluding diaryl/α,β-unsaturated/α-hetero) is 1. The molecule has 19 heavy (non-hydrogen) atoms. The predicted octanol–water partition coefficient (Wildman–Crippen LogP) is 3.26. The molecule has 0 aromatic heterocycles. The standard InChI is InChI=1S/C14H17ClO4/c1-3-19-14(17)6-4-5-12(16)10-7-8-11(15)13(9-10)18-2/h7-9H,3-6H2,1-2H3. The number of halogens is 1. The van der Waals surface area contributed by atoms with Gasteiger partial charge in [0.15, 0.2) is 5.78 Å². The fourth-order valence-electron chi connectivity index (χ4n) is 1.60. The molecular weight excluding hydrogens is 268 g/mol. The normalized spacial score (nSPS) is 10.1. The molecule has 0 heterocycles. The number of benzene rings is 1. The van der Waals surface area contributed by atoms with Crippen LogP contribution in [0.25, 0.3) is 0 Å². The van der Waals surface area contributed by atoms with E-state index < -0.39 is 0 Å². The van der Waals surface area contributed by atoms with Crippen molar-refractivity contribution < 1.29 is 19.1 Å². The second-order valence-corrected chi connectivity index (χ2v) is 4.34. The van der Waals surface area contributed by atoms with E-state index in [4.69, 9.17) is 21.1 Å². The smallest absolute Gasteiger partial charge is 0.305 e. The number of ether oxygens (including phenoxy) is 2. The molecule has 0 fully saturated rings. The van der Waals surface area contributed by atoms with E-state index in [0.717, 1.165) is 0 Å². The molecule has 0 aliphatic rings. The molecule has 0 saturated carbocycles. The Balaban J connectivity index is 2.52. The van der Waals surface area contributed by atoms with Gasteiger partial charge in [-0.2, -0.15) is 0 Å². The van der Waals surface area contributed by atoms with Crippen molar-refractivity contribution in [3.63, 3.8) is 0 Å². The average Bonchev–Trinajstić information content (AvgIpc) is 2.39. The van der Waals surface area contributed by atoms with E-state index in [-0.39, 0.29) is 18.2 Å². The van der Waals surface area contributed by atoms with Crippen LogP contribution in [0.2, 0.25) is 5.02 Å². The van der Waals surface area contributed by atoms with Gasteiger partial charge >= 0.3 is 5.97 Å². The molecule has 0 unspecified atom stereocenters. The third kappa shape index (κ3) is 4.91. The fourth-order valence-corrected chi connectivity index (χ4v) is 1.80. The minimum absolute atomic E-state index is 0.0423. The number of methoxy groups -OCH3 is 1. The van der Waals surface area contributed by atoms with E-state index in [9.17, 15) is 9.59 Å². The van der Waals surface area contributed by atoms with Crippen LogP contribution in [-0.4, -0.2) is 25.5 Å². The maximum atomic E-state index is 11.9. The lowest BCUT2D eigenvalue weighted by Crippen LogP contribution is -2.06. The second-order valence-electron chi connectivity index (χ2n) is 3.93. The first-order valence-corrected chi connectivity index (χ1v) is 6.48. The Morgan fingerprint density at radius 3 is 2.63 bits per heavy atom. The number of hydrogen-bond donors (Lipinski definition) is 0. The summed E-state index contributed by atoms with van der Waals surface area (Å²) in [5.74, 6) is 0.154. The number of rotatable bonds is 7. The molecule has 4 nitrogen and oxygen atoms in total. The van der Waals surface area contributed by atoms with E-state index in [2.05, 4.69) is 0 Å². The zero-order chi connectivity index (χ0) is 14.3. The van der Waals surface area contributed by atoms with Crippen molar-refractivity contribution in [1.29, 1.82) is 0 Å². The average molecular weight is 285 g/mol. The van der Waals surface area contributed by atoms with E-state index in [1.54, 1.807) is 25.1 Å². The van der Waals surface area contributed by atoms with Crippen molar-refractivity contribution in [1.82, 2.24) is 0 Å². The molecule has 0 N–H and O–H groups in total. The monoisotopic (exact) mass is 284 g/mol. The van der Waals surface area contributed by atoms with E-state index in [1.165, 1.54) is 7.11 Å². The predicted molar refractivity (Wildman–Crippen MR) is 72.8 cm³/mol. The fraction of sp³-hybridized carbons (Fsp3) is 0.429. The van der Waals surface area contributed by atoms with Gasteiger partial charge in [0.2, 0.25) is 0 Å². The lowest BCUT2D eigenvalue weighted by atomic mass is 10.1. The lowest BCUT2D eigenvalue weighted by Gasteiger charge is -2.06. The molecule has 1 aromatic rings. The van der Waals surface area contributed by atoms with Crippen LogP contribution in [0.3, 0.4) is 0 Å². The Labute approximate surface area is 117 Å². The van der Waals surface area contributed by atoms with Crippen LogP contribution in [0.4, 0.5) is 0 Å². The summed E-state index contributed by atoms with van der Waals surface area (Å²) in [5.41, 5.74) is 0.533. The van der Waals surface area contributed by atoms with Crippen molar-refractivity contribution in [2.45, 2.75) is 26.2 Å². The third-order valence-electron chi connectivity index (χ3n) is 2.56. The van der Waals surface area contributed by atoms with Crippen molar-refractivity contribution >= 4 is 23.4 Å². The van der Waals surface area contributed by atoms with Gasteiger partial charge in [-0.25, -0.2) is 0 Å². The number of ketones is 1. The van der Waals surface area contributed by atoms with Gasteiger partial charge in [0.25, 0.3) is 0 Å². The lowest BCUT2D eigenvalue weighted by molar-refractivity contribution is -0.143. The van der Waals surface area contributed by atoms with Crippen LogP contribution >= 0.6 is 11.6 Å². The Kier molecular flexibility index (Phi) is 6.36. The molecule has 0 amide bonds. The van der Waals surface area contributed by atoms with Crippen LogP contribution in [0.1, 0.15) is 36.5 Å². The summed E-state index contributed by atoms with van der Waals surface area (Å²) in [6.45, 7) is 2.12. The van der Waals surface area contributed by atoms with Crippen molar-refractivity contribution in [2.75, 3.05) is 13.7 Å². The summed E-state index contributed by atoms with van der Waals surface area (Å²) in [6.07, 6.45) is 1.02. The van der Waals surface area contributed by atoms with Gasteiger partial charge in [-0.05, 0) is 31.5 Å². The quantitative estimate of drug-likeness (QED) is 0.570. The first-order chi connectivity index (χ1) is 9.08. The number of hydrogen-bond acceptors (Lipinski definition) is 4. The van der Waals surface area contributed by atoms with Gasteiger partial charge in [0, 0.05) is 18.4 Å². The Bertz CT molecular complexity index is 457. The van der Waals surface area contributed by atoms with Crippen LogP contribution in [-0.2, 0) is 9.53 Å². The zero-order valence-electron chi connectivity index (χ0n) is 11.1. The minimum atomic E-state index is -0.274. The molecule has 0 atom stereocenters. The molecule has 1 rings (SSSR count). The van der Waals surface area contributed by atoms with Crippen LogP contribution in [0, 0.1) is 0 Å². The highest BCUT2D eigenvalue weighted by Crippen LogP contribution is 2.25. The summed E-state index contributed by atoms with van der Waals surface area (Å²) in [5, 5.41) is 0.463. The van der Waals surface area contributed by atoms with Gasteiger partial charge in [0.05, 0.1) is 18.7 Å². The SMILES string of the molecule is CCOC(=O)CCCC(=O)c1ccc(Cl)c(OC)c1. The largest absolute Gasteiger partial charge is 0.495 e. The number of carbonyl (C=O) groups is 2. The number of carbonyl (C=O) groups excluding carboxylic acids is 2. The molecular formula is C14H17ClO4. The van der Waals surface area contributed by atoms with Gasteiger partial charge < -0.3 is 9.47 Å². The molecule has 0 bridgehead atoms. The zero-order valence-corrected chi connectivity index (χ0v) is 11.8. The van der Waals surface area contributed by atoms with Crippen LogP contribution in [0.15, 0.2) is 18.2 Å². The topological polar surface area (TPSA) is 52.6 Å². The van der Waals surface area contributed by atoms with Gasteiger partial charge in [-0.15, -0.1) is 0 Å². The summed E-state index contributed by atoms with van der Waals surface area (Å²) in [6, 6.07) is 4.88. The Morgan fingerprint density at radius 1 is 1.26 bits per heavy atom. The maximum Gasteiger partial charge on any atom is 0.305 e. The third-order valence-corrected chi connectivity index (χ3v) is 2.88. The summed E-state index contributed by atoms with van der Waals surface area (Å²) < 4.78 is 9.85. The maximum absolute atomic E-state index is 11.9. The molecule has 1 aromatic carbocycles. The minimum Gasteiger partial charge on any atom is -0.495 e. The summed E-state index contributed by atoms with van der Waals surface area (Å²) in [7, 11) is 1.50. The van der Waals surface area contributed by atoms with Crippen LogP contribution in [0.5, 0.6) is 5.75 Å². The van der Waals surface area contributed by atoms with Crippen molar-refractivity contribution in [3.8, 4) is 5.75 Å². The highest BCUT2D eigenvalue weighted by molar-refractivity contribution is 6.32. The Hall–Kier alpha value is -1.55. The molecule has 0 aliphatic carbocycles. The first-order valence-electron chi connectivity index (χ1n) is 6.10. The van der Waals surface area contributed by atoms with Crippen molar-refractivity contribution in [2.24, 2.45) is 0 Å². The molecule has 0 radical (unpaired) electrons. The Morgan fingerprint density at radius 2 is 2.00 bits per heavy atom. The second kappa shape index (κ2) is 7.79. The van der Waals surface area contributed by atoms with E-state index in [1.807, 2.05) is 0 Å². The van der Waals surface area contributed by atoms with Gasteiger partial charge in [-0.3, -0.25) is 9.59 Å². The van der Waals surface area contributed by atoms with Crippen LogP contribution < -0.4 is 4.74 Å². The van der Waals surface area contributed by atoms with Crippen molar-refractivity contribution in [3.05, 3.63) is 28.8 Å². The highest BCUT2D eigenvalue weighted by atomic mass is 35.5. The molecule has 104 valence electrons. The molecule has 0 spiro atoms. The molecule has 0 aliphatic heterocycles. The molecule has 5 heteroatoms. The van der Waals surface area contributed by atoms with Gasteiger partial charge in [0.1, 0.15) is 5.75 Å².